The van der Waals surface area contributed by atoms with Crippen molar-refractivity contribution in [3.8, 4) is 6.07 Å². The minimum absolute atomic E-state index is 0.0454. The van der Waals surface area contributed by atoms with Crippen LogP contribution in [-0.2, 0) is 14.2 Å². The number of oxazole rings is 2. The van der Waals surface area contributed by atoms with Gasteiger partial charge >= 0.3 is 5.97 Å². The molecule has 0 saturated heterocycles. The van der Waals surface area contributed by atoms with Crippen LogP contribution in [0.4, 0.5) is 0 Å². The number of nitrogens with two attached hydrogens (primary N) is 1. The lowest BCUT2D eigenvalue weighted by Gasteiger charge is -2.15. The molecule has 1 unspecified atom stereocenters. The fraction of sp³-hybridized carbons (Fsp3) is 0.350. The first-order chi connectivity index (χ1) is 15.4. The first-order valence-electron chi connectivity index (χ1n) is 9.49. The summed E-state index contributed by atoms with van der Waals surface area (Å²) in [6.07, 6.45) is 5.00. The SMILES string of the molecule is C=C(C#N)O/C=C(\N)c1nc(C(=O)NC(COCCCC)c2nc(C(=O)OC)co2)co1. The van der Waals surface area contributed by atoms with E-state index < -0.39 is 17.9 Å². The van der Waals surface area contributed by atoms with Crippen molar-refractivity contribution in [3.63, 3.8) is 0 Å². The highest BCUT2D eigenvalue weighted by atomic mass is 16.5. The summed E-state index contributed by atoms with van der Waals surface area (Å²) in [5.41, 5.74) is 5.56. The summed E-state index contributed by atoms with van der Waals surface area (Å²) in [4.78, 5) is 32.3. The van der Waals surface area contributed by atoms with Gasteiger partial charge in [-0.05, 0) is 13.0 Å². The molecule has 0 radical (unpaired) electrons. The van der Waals surface area contributed by atoms with E-state index >= 15 is 0 Å². The molecule has 0 aliphatic rings. The second-order valence-electron chi connectivity index (χ2n) is 6.28. The highest BCUT2D eigenvalue weighted by molar-refractivity contribution is 5.92. The molecule has 0 aromatic carbocycles. The van der Waals surface area contributed by atoms with Gasteiger partial charge in [0, 0.05) is 6.61 Å². The quantitative estimate of drug-likeness (QED) is 0.211. The summed E-state index contributed by atoms with van der Waals surface area (Å²) in [6.45, 7) is 5.86. The van der Waals surface area contributed by atoms with E-state index in [-0.39, 0.29) is 41.2 Å². The molecule has 2 aromatic heterocycles. The van der Waals surface area contributed by atoms with E-state index in [9.17, 15) is 9.59 Å². The van der Waals surface area contributed by atoms with Crippen LogP contribution in [0.25, 0.3) is 5.70 Å². The van der Waals surface area contributed by atoms with Crippen LogP contribution in [0.2, 0.25) is 0 Å². The zero-order valence-corrected chi connectivity index (χ0v) is 17.6. The van der Waals surface area contributed by atoms with E-state index in [0.717, 1.165) is 31.6 Å². The van der Waals surface area contributed by atoms with Crippen molar-refractivity contribution in [1.82, 2.24) is 15.3 Å². The number of hydrogen-bond donors (Lipinski definition) is 2. The van der Waals surface area contributed by atoms with E-state index in [1.807, 2.05) is 6.92 Å². The van der Waals surface area contributed by atoms with Crippen LogP contribution in [-0.4, -0.2) is 42.2 Å². The Labute approximate surface area is 183 Å². The van der Waals surface area contributed by atoms with Gasteiger partial charge in [-0.3, -0.25) is 4.79 Å². The molecule has 2 rings (SSSR count). The Kier molecular flexibility index (Phi) is 9.00. The Bertz CT molecular complexity index is 1020. The van der Waals surface area contributed by atoms with Crippen molar-refractivity contribution in [2.45, 2.75) is 25.8 Å². The normalized spacial score (nSPS) is 12.0. The number of esters is 1. The first kappa shape index (κ1) is 24.2. The summed E-state index contributed by atoms with van der Waals surface area (Å²) in [7, 11) is 1.22. The highest BCUT2D eigenvalue weighted by Crippen LogP contribution is 2.16. The third-order valence-electron chi connectivity index (χ3n) is 3.88. The van der Waals surface area contributed by atoms with Crippen molar-refractivity contribution in [1.29, 1.82) is 5.26 Å². The molecule has 1 amide bonds. The molecule has 0 aliphatic carbocycles. The Morgan fingerprint density at radius 3 is 2.78 bits per heavy atom. The Morgan fingerprint density at radius 1 is 1.34 bits per heavy atom. The minimum atomic E-state index is -0.812. The molecule has 170 valence electrons. The number of rotatable bonds is 12. The summed E-state index contributed by atoms with van der Waals surface area (Å²) >= 11 is 0. The largest absolute Gasteiger partial charge is 0.464 e. The number of nitrogens with zero attached hydrogens (tertiary/aromatic N) is 3. The molecular weight excluding hydrogens is 422 g/mol. The van der Waals surface area contributed by atoms with Gasteiger partial charge in [-0.2, -0.15) is 5.26 Å². The summed E-state index contributed by atoms with van der Waals surface area (Å²) in [5, 5.41) is 11.3. The first-order valence-corrected chi connectivity index (χ1v) is 9.49. The van der Waals surface area contributed by atoms with E-state index in [1.54, 1.807) is 6.07 Å². The van der Waals surface area contributed by atoms with Gasteiger partial charge < -0.3 is 34.1 Å². The molecule has 0 aliphatic heterocycles. The van der Waals surface area contributed by atoms with Crippen molar-refractivity contribution in [2.24, 2.45) is 5.73 Å². The number of hydrogen-bond acceptors (Lipinski definition) is 11. The van der Waals surface area contributed by atoms with Gasteiger partial charge in [0.05, 0.1) is 13.7 Å². The molecular formula is C20H23N5O7. The van der Waals surface area contributed by atoms with Crippen LogP contribution in [0.1, 0.15) is 58.6 Å². The minimum Gasteiger partial charge on any atom is -0.464 e. The van der Waals surface area contributed by atoms with E-state index in [1.165, 1.54) is 7.11 Å². The van der Waals surface area contributed by atoms with Crippen molar-refractivity contribution in [3.05, 3.63) is 54.3 Å². The molecule has 32 heavy (non-hydrogen) atoms. The van der Waals surface area contributed by atoms with Gasteiger partial charge in [0.1, 0.15) is 36.6 Å². The Morgan fingerprint density at radius 2 is 2.09 bits per heavy atom. The third kappa shape index (κ3) is 6.71. The monoisotopic (exact) mass is 445 g/mol. The molecule has 0 bridgehead atoms. The van der Waals surface area contributed by atoms with Crippen LogP contribution in [0, 0.1) is 11.3 Å². The molecule has 12 nitrogen and oxygen atoms in total. The fourth-order valence-corrected chi connectivity index (χ4v) is 2.22. The fourth-order valence-electron chi connectivity index (χ4n) is 2.22. The van der Waals surface area contributed by atoms with Gasteiger partial charge in [-0.25, -0.2) is 14.8 Å². The summed E-state index contributed by atoms with van der Waals surface area (Å²) in [6, 6.07) is 0.870. The van der Waals surface area contributed by atoms with Gasteiger partial charge in [-0.1, -0.05) is 13.3 Å². The predicted molar refractivity (Wildman–Crippen MR) is 108 cm³/mol. The number of allylic oxidation sites excluding steroid dienone is 1. The molecule has 12 heteroatoms. The van der Waals surface area contributed by atoms with Crippen LogP contribution < -0.4 is 11.1 Å². The molecule has 0 fully saturated rings. The smallest absolute Gasteiger partial charge is 0.360 e. The average molecular weight is 445 g/mol. The van der Waals surface area contributed by atoms with Crippen LogP contribution >= 0.6 is 0 Å². The molecule has 0 saturated carbocycles. The Hall–Kier alpha value is -4.11. The van der Waals surface area contributed by atoms with Gasteiger partial charge in [0.25, 0.3) is 5.91 Å². The lowest BCUT2D eigenvalue weighted by atomic mass is 10.3. The van der Waals surface area contributed by atoms with Crippen molar-refractivity contribution >= 4 is 17.6 Å². The molecule has 1 atom stereocenters. The maximum Gasteiger partial charge on any atom is 0.360 e. The number of ether oxygens (including phenoxy) is 3. The zero-order chi connectivity index (χ0) is 23.5. The van der Waals surface area contributed by atoms with Crippen LogP contribution in [0.15, 0.2) is 40.0 Å². The lowest BCUT2D eigenvalue weighted by molar-refractivity contribution is 0.0593. The topological polar surface area (TPSA) is 176 Å². The summed E-state index contributed by atoms with van der Waals surface area (Å²) in [5.74, 6) is -1.53. The summed E-state index contributed by atoms with van der Waals surface area (Å²) < 4.78 is 25.6. The number of carbonyl (C=O) groups excluding carboxylic acids is 2. The molecule has 0 spiro atoms. The predicted octanol–water partition coefficient (Wildman–Crippen LogP) is 2.05. The number of aromatic nitrogens is 2. The van der Waals surface area contributed by atoms with Gasteiger partial charge in [0.2, 0.25) is 11.8 Å². The standard InChI is InChI=1S/C20H23N5O7/c1-4-5-6-29-9-15(19-25-16(11-32-19)20(27)28-3)23-17(26)14-10-31-18(24-14)13(22)8-30-12(2)7-21/h8,10-11,15H,2,4-6,9,22H2,1,3H3,(H,23,26)/b13-8-. The molecule has 3 N–H and O–H groups in total. The maximum atomic E-state index is 12.7. The van der Waals surface area contributed by atoms with Gasteiger partial charge in [0.15, 0.2) is 17.1 Å². The number of nitriles is 1. The lowest BCUT2D eigenvalue weighted by Crippen LogP contribution is -2.32. The van der Waals surface area contributed by atoms with E-state index in [4.69, 9.17) is 29.3 Å². The van der Waals surface area contributed by atoms with Crippen molar-refractivity contribution < 1.29 is 32.6 Å². The zero-order valence-electron chi connectivity index (χ0n) is 17.6. The maximum absolute atomic E-state index is 12.7. The highest BCUT2D eigenvalue weighted by Gasteiger charge is 2.25. The molecule has 2 aromatic rings. The Balaban J connectivity index is 2.13. The second kappa shape index (κ2) is 11.9. The van der Waals surface area contributed by atoms with E-state index in [2.05, 4.69) is 26.6 Å². The molecule has 2 heterocycles. The number of unbranched alkanes of at least 4 members (excludes halogenated alkanes) is 1. The number of amides is 1. The number of nitrogens with one attached hydrogen (secondary N) is 1. The second-order valence-corrected chi connectivity index (χ2v) is 6.28. The average Bonchev–Trinajstić information content (AvgIpc) is 3.49. The van der Waals surface area contributed by atoms with Crippen molar-refractivity contribution in [2.75, 3.05) is 20.3 Å². The van der Waals surface area contributed by atoms with Crippen LogP contribution in [0.5, 0.6) is 0 Å². The number of carbonyl (C=O) groups is 2. The third-order valence-corrected chi connectivity index (χ3v) is 3.88. The number of methoxy groups -OCH3 is 1. The van der Waals surface area contributed by atoms with Crippen LogP contribution in [0.3, 0.4) is 0 Å². The van der Waals surface area contributed by atoms with E-state index in [0.29, 0.717) is 6.61 Å². The van der Waals surface area contributed by atoms with Gasteiger partial charge in [-0.15, -0.1) is 0 Å².